The van der Waals surface area contributed by atoms with Gasteiger partial charge in [-0.15, -0.1) is 0 Å². The average molecular weight is 277 g/mol. The van der Waals surface area contributed by atoms with Gasteiger partial charge < -0.3 is 10.6 Å². The molecule has 0 bridgehead atoms. The number of carbonyl (C=O) groups excluding carboxylic acids is 1. The summed E-state index contributed by atoms with van der Waals surface area (Å²) in [6.07, 6.45) is 1.38. The number of aromatic nitrogens is 2. The molecular weight excluding hydrogens is 263 g/mol. The number of nitrogens with one attached hydrogen (secondary N) is 2. The summed E-state index contributed by atoms with van der Waals surface area (Å²) in [5.74, 6) is 0.645. The van der Waals surface area contributed by atoms with E-state index in [4.69, 9.17) is 23.2 Å². The summed E-state index contributed by atoms with van der Waals surface area (Å²) in [5.41, 5.74) is 0. The van der Waals surface area contributed by atoms with E-state index >= 15 is 0 Å². The van der Waals surface area contributed by atoms with Crippen LogP contribution in [-0.4, -0.2) is 29.0 Å². The summed E-state index contributed by atoms with van der Waals surface area (Å²) in [6.45, 7) is 4.78. The Hall–Kier alpha value is -1.07. The molecule has 0 aliphatic rings. The fraction of sp³-hybridized carbons (Fsp3) is 0.500. The Balaban J connectivity index is 2.44. The van der Waals surface area contributed by atoms with Crippen LogP contribution in [0.1, 0.15) is 13.8 Å². The Labute approximate surface area is 110 Å². The summed E-state index contributed by atoms with van der Waals surface area (Å²) in [6, 6.07) is 0. The first kappa shape index (κ1) is 14.0. The van der Waals surface area contributed by atoms with Crippen molar-refractivity contribution in [1.82, 2.24) is 15.3 Å². The molecule has 0 saturated carbocycles. The monoisotopic (exact) mass is 276 g/mol. The van der Waals surface area contributed by atoms with E-state index in [0.717, 1.165) is 0 Å². The molecule has 0 atom stereocenters. The Bertz CT molecular complexity index is 398. The van der Waals surface area contributed by atoms with Crippen LogP contribution in [0, 0.1) is 5.92 Å². The molecular formula is C10H14Cl2N4O. The lowest BCUT2D eigenvalue weighted by Gasteiger charge is -2.09. The molecule has 1 heterocycles. The summed E-state index contributed by atoms with van der Waals surface area (Å²) in [7, 11) is 0. The molecule has 1 amide bonds. The molecule has 0 aliphatic heterocycles. The molecule has 0 fully saturated rings. The third kappa shape index (κ3) is 5.19. The molecule has 5 nitrogen and oxygen atoms in total. The van der Waals surface area contributed by atoms with E-state index in [1.54, 1.807) is 0 Å². The maximum atomic E-state index is 11.4. The number of carbonyl (C=O) groups is 1. The van der Waals surface area contributed by atoms with Crippen LogP contribution < -0.4 is 10.6 Å². The standard InChI is InChI=1S/C10H14Cl2N4O/c1-6(2)3-13-8(17)5-14-9-7(11)4-15-10(12)16-9/h4,6H,3,5H2,1-2H3,(H,13,17)(H,14,15,16). The van der Waals surface area contributed by atoms with Gasteiger partial charge in [-0.3, -0.25) is 4.79 Å². The van der Waals surface area contributed by atoms with Gasteiger partial charge in [0.1, 0.15) is 10.8 Å². The van der Waals surface area contributed by atoms with Crippen molar-refractivity contribution < 1.29 is 4.79 Å². The minimum absolute atomic E-state index is 0.0829. The molecule has 0 saturated heterocycles. The van der Waals surface area contributed by atoms with E-state index in [1.165, 1.54) is 6.20 Å². The van der Waals surface area contributed by atoms with Gasteiger partial charge in [0.25, 0.3) is 0 Å². The van der Waals surface area contributed by atoms with Gasteiger partial charge in [0.2, 0.25) is 11.2 Å². The second kappa shape index (κ2) is 6.61. The molecule has 94 valence electrons. The van der Waals surface area contributed by atoms with Gasteiger partial charge in [0.05, 0.1) is 12.7 Å². The zero-order chi connectivity index (χ0) is 12.8. The highest BCUT2D eigenvalue weighted by Gasteiger charge is 2.06. The zero-order valence-electron chi connectivity index (χ0n) is 9.63. The average Bonchev–Trinajstić information content (AvgIpc) is 2.27. The molecule has 0 radical (unpaired) electrons. The first-order valence-corrected chi connectivity index (χ1v) is 5.93. The molecule has 1 aromatic rings. The Morgan fingerprint density at radius 3 is 2.82 bits per heavy atom. The van der Waals surface area contributed by atoms with Crippen molar-refractivity contribution >= 4 is 34.9 Å². The molecule has 0 aromatic carbocycles. The van der Waals surface area contributed by atoms with Crippen molar-refractivity contribution in [3.05, 3.63) is 16.5 Å². The van der Waals surface area contributed by atoms with Gasteiger partial charge in [-0.1, -0.05) is 25.4 Å². The van der Waals surface area contributed by atoms with Gasteiger partial charge in [0.15, 0.2) is 0 Å². The van der Waals surface area contributed by atoms with Crippen molar-refractivity contribution in [3.63, 3.8) is 0 Å². The summed E-state index contributed by atoms with van der Waals surface area (Å²) in [4.78, 5) is 19.0. The lowest BCUT2D eigenvalue weighted by Crippen LogP contribution is -2.32. The van der Waals surface area contributed by atoms with Gasteiger partial charge in [-0.25, -0.2) is 4.98 Å². The zero-order valence-corrected chi connectivity index (χ0v) is 11.1. The van der Waals surface area contributed by atoms with E-state index in [2.05, 4.69) is 20.6 Å². The van der Waals surface area contributed by atoms with Crippen LogP contribution in [0.4, 0.5) is 5.82 Å². The van der Waals surface area contributed by atoms with Crippen LogP contribution in [0.2, 0.25) is 10.3 Å². The summed E-state index contributed by atoms with van der Waals surface area (Å²) < 4.78 is 0. The third-order valence-electron chi connectivity index (χ3n) is 1.84. The van der Waals surface area contributed by atoms with Crippen molar-refractivity contribution in [3.8, 4) is 0 Å². The summed E-state index contributed by atoms with van der Waals surface area (Å²) >= 11 is 11.4. The highest BCUT2D eigenvalue weighted by atomic mass is 35.5. The Morgan fingerprint density at radius 1 is 1.47 bits per heavy atom. The largest absolute Gasteiger partial charge is 0.360 e. The molecule has 17 heavy (non-hydrogen) atoms. The number of amides is 1. The number of nitrogens with zero attached hydrogens (tertiary/aromatic N) is 2. The van der Waals surface area contributed by atoms with Crippen molar-refractivity contribution in [2.24, 2.45) is 5.92 Å². The maximum absolute atomic E-state index is 11.4. The van der Waals surface area contributed by atoms with Gasteiger partial charge in [-0.05, 0) is 17.5 Å². The minimum Gasteiger partial charge on any atom is -0.360 e. The molecule has 1 aromatic heterocycles. The van der Waals surface area contributed by atoms with Crippen molar-refractivity contribution in [2.75, 3.05) is 18.4 Å². The van der Waals surface area contributed by atoms with Crippen LogP contribution in [0.25, 0.3) is 0 Å². The highest BCUT2D eigenvalue weighted by Crippen LogP contribution is 2.18. The highest BCUT2D eigenvalue weighted by molar-refractivity contribution is 6.33. The van der Waals surface area contributed by atoms with E-state index < -0.39 is 0 Å². The van der Waals surface area contributed by atoms with E-state index in [1.807, 2.05) is 13.8 Å². The molecule has 1 rings (SSSR count). The fourth-order valence-corrected chi connectivity index (χ4v) is 1.31. The maximum Gasteiger partial charge on any atom is 0.239 e. The van der Waals surface area contributed by atoms with Crippen LogP contribution >= 0.6 is 23.2 Å². The lowest BCUT2D eigenvalue weighted by molar-refractivity contribution is -0.119. The smallest absolute Gasteiger partial charge is 0.239 e. The predicted molar refractivity (Wildman–Crippen MR) is 68.4 cm³/mol. The fourth-order valence-electron chi connectivity index (χ4n) is 1.01. The minimum atomic E-state index is -0.121. The van der Waals surface area contributed by atoms with E-state index in [0.29, 0.717) is 23.3 Å². The summed E-state index contributed by atoms with van der Waals surface area (Å²) in [5, 5.41) is 5.97. The normalized spacial score (nSPS) is 10.4. The first-order chi connectivity index (χ1) is 7.99. The van der Waals surface area contributed by atoms with E-state index in [-0.39, 0.29) is 17.7 Å². The quantitative estimate of drug-likeness (QED) is 0.807. The number of halogens is 2. The predicted octanol–water partition coefficient (Wildman–Crippen LogP) is 1.97. The SMILES string of the molecule is CC(C)CNC(=O)CNc1nc(Cl)ncc1Cl. The van der Waals surface area contributed by atoms with Gasteiger partial charge >= 0.3 is 0 Å². The topological polar surface area (TPSA) is 66.9 Å². The van der Waals surface area contributed by atoms with Gasteiger partial charge in [-0.2, -0.15) is 4.98 Å². The molecule has 2 N–H and O–H groups in total. The second-order valence-corrected chi connectivity index (χ2v) is 4.63. The molecule has 7 heteroatoms. The van der Waals surface area contributed by atoms with E-state index in [9.17, 15) is 4.79 Å². The molecule has 0 unspecified atom stereocenters. The van der Waals surface area contributed by atoms with Gasteiger partial charge in [0, 0.05) is 6.54 Å². The molecule has 0 aliphatic carbocycles. The first-order valence-electron chi connectivity index (χ1n) is 5.17. The number of anilines is 1. The lowest BCUT2D eigenvalue weighted by atomic mass is 10.2. The molecule has 0 spiro atoms. The van der Waals surface area contributed by atoms with Crippen molar-refractivity contribution in [1.29, 1.82) is 0 Å². The second-order valence-electron chi connectivity index (χ2n) is 3.89. The van der Waals surface area contributed by atoms with Crippen molar-refractivity contribution in [2.45, 2.75) is 13.8 Å². The number of hydrogen-bond donors (Lipinski definition) is 2. The van der Waals surface area contributed by atoms with Crippen LogP contribution in [0.15, 0.2) is 6.20 Å². The van der Waals surface area contributed by atoms with Crippen LogP contribution in [0.5, 0.6) is 0 Å². The third-order valence-corrected chi connectivity index (χ3v) is 2.30. The number of rotatable bonds is 5. The van der Waals surface area contributed by atoms with Crippen LogP contribution in [0.3, 0.4) is 0 Å². The Kier molecular flexibility index (Phi) is 5.44. The number of hydrogen-bond acceptors (Lipinski definition) is 4. The van der Waals surface area contributed by atoms with Crippen LogP contribution in [-0.2, 0) is 4.79 Å². The Morgan fingerprint density at radius 2 is 2.18 bits per heavy atom.